The van der Waals surface area contributed by atoms with Crippen LogP contribution in [0.25, 0.3) is 0 Å². The van der Waals surface area contributed by atoms with E-state index in [-0.39, 0.29) is 5.91 Å². The van der Waals surface area contributed by atoms with E-state index < -0.39 is 0 Å². The molecule has 7 nitrogen and oxygen atoms in total. The third-order valence-electron chi connectivity index (χ3n) is 4.69. The van der Waals surface area contributed by atoms with Gasteiger partial charge in [0, 0.05) is 37.3 Å². The standard InChI is InChI=1S/C24H35N5O2/c1-6-25-24(28-17-21-11-10-18(2)14-22(21)31-5)27-16-19-8-7-9-20(15-19)23(30)26-12-13-29(3)4/h7-11,14-15H,6,12-13,16-17H2,1-5H3,(H,26,30)(H2,25,27,28). The minimum Gasteiger partial charge on any atom is -0.496 e. The number of nitrogens with zero attached hydrogens (tertiary/aromatic N) is 2. The van der Waals surface area contributed by atoms with Gasteiger partial charge in [0.05, 0.1) is 13.7 Å². The molecule has 3 N–H and O–H groups in total. The van der Waals surface area contributed by atoms with Crippen molar-refractivity contribution in [3.8, 4) is 5.75 Å². The lowest BCUT2D eigenvalue weighted by atomic mass is 10.1. The van der Waals surface area contributed by atoms with E-state index >= 15 is 0 Å². The average molecular weight is 426 g/mol. The zero-order chi connectivity index (χ0) is 22.6. The number of hydrogen-bond acceptors (Lipinski definition) is 4. The molecule has 0 aliphatic carbocycles. The molecule has 0 heterocycles. The van der Waals surface area contributed by atoms with E-state index in [0.29, 0.717) is 31.2 Å². The van der Waals surface area contributed by atoms with Gasteiger partial charge in [-0.25, -0.2) is 4.99 Å². The smallest absolute Gasteiger partial charge is 0.251 e. The van der Waals surface area contributed by atoms with Gasteiger partial charge in [0.1, 0.15) is 5.75 Å². The molecule has 0 saturated carbocycles. The number of methoxy groups -OCH3 is 1. The van der Waals surface area contributed by atoms with Gasteiger partial charge in [-0.15, -0.1) is 0 Å². The van der Waals surface area contributed by atoms with Crippen LogP contribution in [-0.2, 0) is 13.1 Å². The Labute approximate surface area is 185 Å². The van der Waals surface area contributed by atoms with Gasteiger partial charge in [-0.05, 0) is 57.3 Å². The summed E-state index contributed by atoms with van der Waals surface area (Å²) in [7, 11) is 5.65. The number of guanidine groups is 1. The molecule has 0 aromatic heterocycles. The third kappa shape index (κ3) is 8.30. The van der Waals surface area contributed by atoms with E-state index in [2.05, 4.69) is 33.1 Å². The number of carbonyl (C=O) groups excluding carboxylic acids is 1. The number of likely N-dealkylation sites (N-methyl/N-ethyl adjacent to an activating group) is 1. The number of aliphatic imine (C=N–C) groups is 1. The topological polar surface area (TPSA) is 78.0 Å². The molecule has 0 aliphatic heterocycles. The highest BCUT2D eigenvalue weighted by molar-refractivity contribution is 5.94. The molecule has 0 aliphatic rings. The maximum absolute atomic E-state index is 12.4. The van der Waals surface area contributed by atoms with Crippen LogP contribution in [0.4, 0.5) is 0 Å². The molecule has 0 atom stereocenters. The van der Waals surface area contributed by atoms with E-state index in [1.54, 1.807) is 7.11 Å². The molecule has 0 fully saturated rings. The summed E-state index contributed by atoms with van der Waals surface area (Å²) in [6.07, 6.45) is 0. The van der Waals surface area contributed by atoms with Crippen molar-refractivity contribution in [2.24, 2.45) is 4.99 Å². The van der Waals surface area contributed by atoms with E-state index in [4.69, 9.17) is 4.74 Å². The largest absolute Gasteiger partial charge is 0.496 e. The molecule has 31 heavy (non-hydrogen) atoms. The van der Waals surface area contributed by atoms with Crippen molar-refractivity contribution in [3.05, 3.63) is 64.7 Å². The molecule has 1 amide bonds. The summed E-state index contributed by atoms with van der Waals surface area (Å²) in [5.41, 5.74) is 3.85. The number of rotatable bonds is 10. The molecule has 2 aromatic carbocycles. The molecule has 2 rings (SSSR count). The lowest BCUT2D eigenvalue weighted by Gasteiger charge is -2.14. The van der Waals surface area contributed by atoms with Crippen molar-refractivity contribution in [2.75, 3.05) is 40.8 Å². The number of amides is 1. The summed E-state index contributed by atoms with van der Waals surface area (Å²) in [5.74, 6) is 1.51. The lowest BCUT2D eigenvalue weighted by molar-refractivity contribution is 0.0951. The highest BCUT2D eigenvalue weighted by Crippen LogP contribution is 2.19. The monoisotopic (exact) mass is 425 g/mol. The molecule has 7 heteroatoms. The Balaban J connectivity index is 2.01. The van der Waals surface area contributed by atoms with Crippen LogP contribution < -0.4 is 20.7 Å². The Morgan fingerprint density at radius 2 is 1.90 bits per heavy atom. The van der Waals surface area contributed by atoms with Gasteiger partial charge in [-0.2, -0.15) is 0 Å². The minimum atomic E-state index is -0.0656. The zero-order valence-electron chi connectivity index (χ0n) is 19.3. The number of hydrogen-bond donors (Lipinski definition) is 3. The molecule has 0 bridgehead atoms. The lowest BCUT2D eigenvalue weighted by Crippen LogP contribution is -2.36. The first-order chi connectivity index (χ1) is 14.9. The van der Waals surface area contributed by atoms with Gasteiger partial charge in [0.25, 0.3) is 5.91 Å². The summed E-state index contributed by atoms with van der Waals surface area (Å²) in [5, 5.41) is 9.56. The van der Waals surface area contributed by atoms with Gasteiger partial charge < -0.3 is 25.6 Å². The van der Waals surface area contributed by atoms with E-state index in [9.17, 15) is 4.79 Å². The average Bonchev–Trinajstić information content (AvgIpc) is 2.76. The number of nitrogens with one attached hydrogen (secondary N) is 3. The van der Waals surface area contributed by atoms with Crippen LogP contribution in [0.15, 0.2) is 47.5 Å². The number of benzene rings is 2. The van der Waals surface area contributed by atoms with Crippen LogP contribution in [-0.4, -0.2) is 57.6 Å². The fraction of sp³-hybridized carbons (Fsp3) is 0.417. The predicted molar refractivity (Wildman–Crippen MR) is 127 cm³/mol. The van der Waals surface area contributed by atoms with Crippen LogP contribution in [0, 0.1) is 6.92 Å². The van der Waals surface area contributed by atoms with Crippen LogP contribution in [0.1, 0.15) is 34.0 Å². The van der Waals surface area contributed by atoms with Gasteiger partial charge >= 0.3 is 0 Å². The van der Waals surface area contributed by atoms with Gasteiger partial charge in [0.2, 0.25) is 0 Å². The van der Waals surface area contributed by atoms with Crippen LogP contribution in [0.3, 0.4) is 0 Å². The fourth-order valence-electron chi connectivity index (χ4n) is 2.99. The molecule has 0 spiro atoms. The summed E-state index contributed by atoms with van der Waals surface area (Å²) in [6.45, 7) is 7.32. The first-order valence-electron chi connectivity index (χ1n) is 10.6. The summed E-state index contributed by atoms with van der Waals surface area (Å²) < 4.78 is 5.48. The van der Waals surface area contributed by atoms with E-state index in [1.807, 2.05) is 63.2 Å². The van der Waals surface area contributed by atoms with Crippen molar-refractivity contribution in [1.82, 2.24) is 20.9 Å². The number of aryl methyl sites for hydroxylation is 1. The van der Waals surface area contributed by atoms with Crippen LogP contribution in [0.2, 0.25) is 0 Å². The Morgan fingerprint density at radius 1 is 1.10 bits per heavy atom. The Hall–Kier alpha value is -3.06. The van der Waals surface area contributed by atoms with Crippen LogP contribution in [0.5, 0.6) is 5.75 Å². The Bertz CT molecular complexity index is 880. The Morgan fingerprint density at radius 3 is 2.61 bits per heavy atom. The van der Waals surface area contributed by atoms with Gasteiger partial charge in [-0.1, -0.05) is 24.3 Å². The van der Waals surface area contributed by atoms with Crippen molar-refractivity contribution in [3.63, 3.8) is 0 Å². The van der Waals surface area contributed by atoms with Crippen LogP contribution >= 0.6 is 0 Å². The molecule has 0 unspecified atom stereocenters. The van der Waals surface area contributed by atoms with E-state index in [1.165, 1.54) is 0 Å². The second-order valence-electron chi connectivity index (χ2n) is 7.62. The maximum Gasteiger partial charge on any atom is 0.251 e. The van der Waals surface area contributed by atoms with E-state index in [0.717, 1.165) is 35.5 Å². The summed E-state index contributed by atoms with van der Waals surface area (Å²) in [4.78, 5) is 19.1. The maximum atomic E-state index is 12.4. The number of ether oxygens (including phenoxy) is 1. The number of carbonyl (C=O) groups is 1. The first-order valence-corrected chi connectivity index (χ1v) is 10.6. The predicted octanol–water partition coefficient (Wildman–Crippen LogP) is 2.55. The fourth-order valence-corrected chi connectivity index (χ4v) is 2.99. The highest BCUT2D eigenvalue weighted by atomic mass is 16.5. The molecule has 0 saturated heterocycles. The van der Waals surface area contributed by atoms with Crippen molar-refractivity contribution in [2.45, 2.75) is 26.9 Å². The van der Waals surface area contributed by atoms with Crippen molar-refractivity contribution in [1.29, 1.82) is 0 Å². The molecule has 0 radical (unpaired) electrons. The van der Waals surface area contributed by atoms with Gasteiger partial charge in [0.15, 0.2) is 5.96 Å². The molecule has 168 valence electrons. The minimum absolute atomic E-state index is 0.0656. The summed E-state index contributed by atoms with van der Waals surface area (Å²) >= 11 is 0. The first kappa shape index (κ1) is 24.2. The molecule has 2 aromatic rings. The van der Waals surface area contributed by atoms with Gasteiger partial charge in [-0.3, -0.25) is 4.79 Å². The SMILES string of the molecule is CCNC(=NCc1cccc(C(=O)NCCN(C)C)c1)NCc1ccc(C)cc1OC. The highest BCUT2D eigenvalue weighted by Gasteiger charge is 2.07. The normalized spacial score (nSPS) is 11.4. The second-order valence-corrected chi connectivity index (χ2v) is 7.62. The van der Waals surface area contributed by atoms with Crippen molar-refractivity contribution >= 4 is 11.9 Å². The Kier molecular flexibility index (Phi) is 9.84. The third-order valence-corrected chi connectivity index (χ3v) is 4.69. The quantitative estimate of drug-likeness (QED) is 0.403. The molecular weight excluding hydrogens is 390 g/mol. The molecular formula is C24H35N5O2. The second kappa shape index (κ2) is 12.6. The van der Waals surface area contributed by atoms with Crippen molar-refractivity contribution < 1.29 is 9.53 Å². The summed E-state index contributed by atoms with van der Waals surface area (Å²) in [6, 6.07) is 13.7. The zero-order valence-corrected chi connectivity index (χ0v) is 19.3.